The van der Waals surface area contributed by atoms with Gasteiger partial charge in [-0.25, -0.2) is 0 Å². The van der Waals surface area contributed by atoms with Crippen molar-refractivity contribution < 1.29 is 4.80 Å². The normalized spacial score (nSPS) is 27.0. The minimum atomic E-state index is -0.639. The smallest absolute Gasteiger partial charge is 0.157 e. The highest BCUT2D eigenvalue weighted by Crippen LogP contribution is 2.50. The molecule has 2 rings (SSSR count). The molecule has 0 aliphatic heterocycles. The van der Waals surface area contributed by atoms with Crippen LogP contribution in [-0.2, 0) is 0 Å². The SMILES string of the molecule is O[SiH2]CC(C1CC1)C1CC1. The van der Waals surface area contributed by atoms with Gasteiger partial charge >= 0.3 is 0 Å². The average Bonchev–Trinajstić information content (AvgIpc) is 2.77. The van der Waals surface area contributed by atoms with E-state index in [4.69, 9.17) is 4.80 Å². The van der Waals surface area contributed by atoms with Crippen molar-refractivity contribution in [3.05, 3.63) is 0 Å². The van der Waals surface area contributed by atoms with E-state index in [0.717, 1.165) is 17.8 Å². The number of hydrogen-bond acceptors (Lipinski definition) is 1. The van der Waals surface area contributed by atoms with Crippen LogP contribution in [0.3, 0.4) is 0 Å². The third-order valence-corrected chi connectivity index (χ3v) is 3.84. The van der Waals surface area contributed by atoms with Gasteiger partial charge in [0.25, 0.3) is 0 Å². The molecule has 0 unspecified atom stereocenters. The van der Waals surface area contributed by atoms with Crippen LogP contribution in [-0.4, -0.2) is 14.6 Å². The van der Waals surface area contributed by atoms with Gasteiger partial charge in [-0.2, -0.15) is 0 Å². The monoisotopic (exact) mass is 156 g/mol. The van der Waals surface area contributed by atoms with Crippen molar-refractivity contribution in [2.24, 2.45) is 17.8 Å². The maximum atomic E-state index is 8.93. The molecule has 0 spiro atoms. The summed E-state index contributed by atoms with van der Waals surface area (Å²) >= 11 is 0. The molecule has 1 nitrogen and oxygen atoms in total. The largest absolute Gasteiger partial charge is 0.438 e. The molecule has 0 amide bonds. The lowest BCUT2D eigenvalue weighted by Crippen LogP contribution is -2.08. The predicted octanol–water partition coefficient (Wildman–Crippen LogP) is 0.917. The molecule has 0 bridgehead atoms. The first-order valence-electron chi connectivity index (χ1n) is 4.52. The molecule has 2 aliphatic carbocycles. The van der Waals surface area contributed by atoms with Crippen molar-refractivity contribution in [1.29, 1.82) is 0 Å². The number of rotatable bonds is 4. The standard InChI is InChI=1S/C8H16OSi/c9-10-5-8(6-1-2-6)7-3-4-7/h6-9H,1-5,10H2. The lowest BCUT2D eigenvalue weighted by atomic mass is 10.0. The lowest BCUT2D eigenvalue weighted by molar-refractivity contribution is 0.431. The summed E-state index contributed by atoms with van der Waals surface area (Å²) in [6, 6.07) is 1.22. The third-order valence-electron chi connectivity index (χ3n) is 2.92. The molecule has 1 N–H and O–H groups in total. The molecular weight excluding hydrogens is 140 g/mol. The second-order valence-corrected chi connectivity index (χ2v) is 4.88. The highest BCUT2D eigenvalue weighted by Gasteiger charge is 2.40. The van der Waals surface area contributed by atoms with Gasteiger partial charge in [-0.1, -0.05) is 0 Å². The fourth-order valence-electron chi connectivity index (χ4n) is 2.05. The van der Waals surface area contributed by atoms with Crippen LogP contribution in [0.1, 0.15) is 25.7 Å². The van der Waals surface area contributed by atoms with Gasteiger partial charge in [-0.05, 0) is 49.5 Å². The van der Waals surface area contributed by atoms with Gasteiger partial charge in [-0.15, -0.1) is 0 Å². The Morgan fingerprint density at radius 3 is 2.00 bits per heavy atom. The molecule has 0 radical (unpaired) electrons. The molecule has 0 aromatic heterocycles. The summed E-state index contributed by atoms with van der Waals surface area (Å²) < 4.78 is 0. The zero-order chi connectivity index (χ0) is 6.97. The summed E-state index contributed by atoms with van der Waals surface area (Å²) in [6.45, 7) is 0. The summed E-state index contributed by atoms with van der Waals surface area (Å²) in [4.78, 5) is 8.93. The van der Waals surface area contributed by atoms with Gasteiger partial charge in [0, 0.05) is 0 Å². The highest BCUT2D eigenvalue weighted by atomic mass is 28.2. The first-order valence-corrected chi connectivity index (χ1v) is 6.16. The van der Waals surface area contributed by atoms with Crippen LogP contribution < -0.4 is 0 Å². The van der Waals surface area contributed by atoms with Gasteiger partial charge in [0.15, 0.2) is 9.76 Å². The minimum Gasteiger partial charge on any atom is -0.438 e. The van der Waals surface area contributed by atoms with Crippen LogP contribution >= 0.6 is 0 Å². The Morgan fingerprint density at radius 1 is 1.20 bits per heavy atom. The molecule has 0 aromatic rings. The van der Waals surface area contributed by atoms with Crippen molar-refractivity contribution >= 4 is 9.76 Å². The van der Waals surface area contributed by atoms with Gasteiger partial charge < -0.3 is 4.80 Å². The van der Waals surface area contributed by atoms with E-state index in [1.807, 2.05) is 0 Å². The first kappa shape index (κ1) is 6.86. The molecule has 0 atom stereocenters. The fourth-order valence-corrected chi connectivity index (χ4v) is 3.30. The second kappa shape index (κ2) is 2.66. The molecule has 0 aromatic carbocycles. The van der Waals surface area contributed by atoms with Crippen LogP contribution in [0.15, 0.2) is 0 Å². The van der Waals surface area contributed by atoms with E-state index in [1.54, 1.807) is 0 Å². The Balaban J connectivity index is 1.80. The van der Waals surface area contributed by atoms with E-state index >= 15 is 0 Å². The topological polar surface area (TPSA) is 20.2 Å². The molecule has 58 valence electrons. The minimum absolute atomic E-state index is 0.639. The molecule has 2 saturated carbocycles. The zero-order valence-electron chi connectivity index (χ0n) is 6.42. The molecule has 0 saturated heterocycles. The summed E-state index contributed by atoms with van der Waals surface area (Å²) in [5.74, 6) is 3.07. The lowest BCUT2D eigenvalue weighted by Gasteiger charge is -2.11. The van der Waals surface area contributed by atoms with E-state index in [1.165, 1.54) is 31.7 Å². The molecule has 2 aliphatic rings. The van der Waals surface area contributed by atoms with Crippen LogP contribution in [0.25, 0.3) is 0 Å². The molecule has 2 heteroatoms. The predicted molar refractivity (Wildman–Crippen MR) is 44.5 cm³/mol. The van der Waals surface area contributed by atoms with E-state index in [2.05, 4.69) is 0 Å². The maximum absolute atomic E-state index is 8.93. The Kier molecular flexibility index (Phi) is 1.83. The van der Waals surface area contributed by atoms with Crippen molar-refractivity contribution in [1.82, 2.24) is 0 Å². The van der Waals surface area contributed by atoms with Crippen molar-refractivity contribution in [2.75, 3.05) is 0 Å². The van der Waals surface area contributed by atoms with Crippen LogP contribution in [0.4, 0.5) is 0 Å². The maximum Gasteiger partial charge on any atom is 0.157 e. The van der Waals surface area contributed by atoms with E-state index in [-0.39, 0.29) is 0 Å². The summed E-state index contributed by atoms with van der Waals surface area (Å²) in [5.41, 5.74) is 0. The summed E-state index contributed by atoms with van der Waals surface area (Å²) in [6.07, 6.45) is 5.87. The number of hydrogen-bond donors (Lipinski definition) is 1. The summed E-state index contributed by atoms with van der Waals surface area (Å²) in [7, 11) is -0.639. The second-order valence-electron chi connectivity index (χ2n) is 3.85. The Hall–Kier alpha value is 0.177. The van der Waals surface area contributed by atoms with Crippen molar-refractivity contribution in [3.8, 4) is 0 Å². The fraction of sp³-hybridized carbons (Fsp3) is 1.00. The molecule has 10 heavy (non-hydrogen) atoms. The quantitative estimate of drug-likeness (QED) is 0.600. The molecule has 2 fully saturated rings. The van der Waals surface area contributed by atoms with Crippen LogP contribution in [0.2, 0.25) is 6.04 Å². The Bertz CT molecular complexity index is 106. The highest BCUT2D eigenvalue weighted by molar-refractivity contribution is 6.25. The first-order chi connectivity index (χ1) is 4.92. The van der Waals surface area contributed by atoms with Crippen molar-refractivity contribution in [2.45, 2.75) is 31.7 Å². The van der Waals surface area contributed by atoms with E-state index in [0.29, 0.717) is 0 Å². The Labute approximate surface area is 64.8 Å². The van der Waals surface area contributed by atoms with Gasteiger partial charge in [0.05, 0.1) is 0 Å². The molecule has 0 heterocycles. The zero-order valence-corrected chi connectivity index (χ0v) is 7.84. The van der Waals surface area contributed by atoms with Crippen LogP contribution in [0.5, 0.6) is 0 Å². The van der Waals surface area contributed by atoms with E-state index in [9.17, 15) is 0 Å². The molecular formula is C8H16OSi. The summed E-state index contributed by atoms with van der Waals surface area (Å²) in [5, 5.41) is 0. The van der Waals surface area contributed by atoms with E-state index < -0.39 is 9.76 Å². The average molecular weight is 156 g/mol. The van der Waals surface area contributed by atoms with Gasteiger partial charge in [0.1, 0.15) is 0 Å². The van der Waals surface area contributed by atoms with Crippen molar-refractivity contribution in [3.63, 3.8) is 0 Å². The van der Waals surface area contributed by atoms with Gasteiger partial charge in [0.2, 0.25) is 0 Å². The van der Waals surface area contributed by atoms with Gasteiger partial charge in [-0.3, -0.25) is 0 Å². The third kappa shape index (κ3) is 1.43. The Morgan fingerprint density at radius 2 is 1.70 bits per heavy atom. The van der Waals surface area contributed by atoms with Crippen LogP contribution in [0, 0.1) is 17.8 Å².